The van der Waals surface area contributed by atoms with Crippen molar-refractivity contribution < 1.29 is 4.42 Å². The fourth-order valence-electron chi connectivity index (χ4n) is 3.77. The van der Waals surface area contributed by atoms with Crippen LogP contribution in [0.4, 0.5) is 5.69 Å². The Kier molecular flexibility index (Phi) is 5.05. The molecule has 1 aliphatic carbocycles. The molecule has 0 fully saturated rings. The second kappa shape index (κ2) is 7.40. The topological polar surface area (TPSA) is 19.4 Å². The van der Waals surface area contributed by atoms with Crippen LogP contribution in [0.2, 0.25) is 10.0 Å². The summed E-state index contributed by atoms with van der Waals surface area (Å²) >= 11 is 13.6. The Morgan fingerprint density at radius 2 is 1.59 bits per heavy atom. The van der Waals surface area contributed by atoms with Crippen molar-refractivity contribution in [3.05, 3.63) is 69.5 Å². The van der Waals surface area contributed by atoms with E-state index in [1.165, 1.54) is 5.56 Å². The minimum absolute atomic E-state index is 0.579. The van der Waals surface area contributed by atoms with Crippen LogP contribution in [-0.2, 0) is 0 Å². The van der Waals surface area contributed by atoms with Crippen LogP contribution in [0.15, 0.2) is 52.9 Å². The molecule has 0 atom stereocenters. The molecular weight excluding hydrogens is 403 g/mol. The SMILES string of the molecule is Cc1ccccc1-c1c2ccc(=[N+](C)C)c(Cl)c-2oc2c(Cl)c(N(C)C)ccc12. The Hall–Kier alpha value is -2.49. The van der Waals surface area contributed by atoms with E-state index in [9.17, 15) is 0 Å². The van der Waals surface area contributed by atoms with Gasteiger partial charge in [-0.1, -0.05) is 47.5 Å². The quantitative estimate of drug-likeness (QED) is 0.293. The molecular formula is C24H23Cl2N2O+. The molecule has 148 valence electrons. The molecule has 5 heteroatoms. The lowest BCUT2D eigenvalue weighted by Crippen LogP contribution is -2.23. The fourth-order valence-corrected chi connectivity index (χ4v) is 4.51. The van der Waals surface area contributed by atoms with Gasteiger partial charge in [0.2, 0.25) is 5.36 Å². The number of halogens is 2. The zero-order chi connectivity index (χ0) is 20.9. The Balaban J connectivity index is 2.27. The van der Waals surface area contributed by atoms with Crippen LogP contribution >= 0.6 is 23.2 Å². The lowest BCUT2D eigenvalue weighted by atomic mass is 9.91. The highest BCUT2D eigenvalue weighted by molar-refractivity contribution is 6.38. The molecule has 0 saturated heterocycles. The van der Waals surface area contributed by atoms with E-state index in [1.54, 1.807) is 0 Å². The fraction of sp³-hybridized carbons (Fsp3) is 0.208. The van der Waals surface area contributed by atoms with E-state index in [0.717, 1.165) is 33.1 Å². The molecule has 2 aromatic carbocycles. The van der Waals surface area contributed by atoms with Crippen molar-refractivity contribution in [3.63, 3.8) is 0 Å². The van der Waals surface area contributed by atoms with Crippen LogP contribution in [0.25, 0.3) is 33.4 Å². The van der Waals surface area contributed by atoms with Crippen LogP contribution < -0.4 is 14.8 Å². The van der Waals surface area contributed by atoms with Crippen molar-refractivity contribution >= 4 is 39.9 Å². The first-order chi connectivity index (χ1) is 13.8. The van der Waals surface area contributed by atoms with E-state index in [1.807, 2.05) is 55.9 Å². The van der Waals surface area contributed by atoms with Gasteiger partial charge >= 0.3 is 0 Å². The highest BCUT2D eigenvalue weighted by atomic mass is 35.5. The van der Waals surface area contributed by atoms with Gasteiger partial charge in [-0.3, -0.25) is 0 Å². The maximum Gasteiger partial charge on any atom is 0.222 e. The number of rotatable bonds is 2. The van der Waals surface area contributed by atoms with Crippen LogP contribution in [0.1, 0.15) is 5.56 Å². The highest BCUT2D eigenvalue weighted by Crippen LogP contribution is 2.46. The number of hydrogen-bond donors (Lipinski definition) is 0. The predicted octanol–water partition coefficient (Wildman–Crippen LogP) is 5.92. The minimum Gasteiger partial charge on any atom is -0.453 e. The first kappa shape index (κ1) is 19.8. The maximum atomic E-state index is 6.80. The van der Waals surface area contributed by atoms with Crippen LogP contribution in [0.5, 0.6) is 0 Å². The monoisotopic (exact) mass is 425 g/mol. The highest BCUT2D eigenvalue weighted by Gasteiger charge is 2.24. The summed E-state index contributed by atoms with van der Waals surface area (Å²) in [4.78, 5) is 1.98. The smallest absolute Gasteiger partial charge is 0.222 e. The molecule has 0 N–H and O–H groups in total. The van der Waals surface area contributed by atoms with Crippen LogP contribution in [0.3, 0.4) is 0 Å². The second-order valence-electron chi connectivity index (χ2n) is 7.63. The van der Waals surface area contributed by atoms with Crippen LogP contribution in [0, 0.1) is 6.92 Å². The number of benzene rings is 3. The molecule has 3 nitrogen and oxygen atoms in total. The summed E-state index contributed by atoms with van der Waals surface area (Å²) in [6, 6.07) is 16.6. The van der Waals surface area contributed by atoms with Gasteiger partial charge in [-0.2, -0.15) is 0 Å². The average molecular weight is 426 g/mol. The van der Waals surface area contributed by atoms with Gasteiger partial charge in [-0.25, -0.2) is 4.58 Å². The van der Waals surface area contributed by atoms with Crippen molar-refractivity contribution in [1.29, 1.82) is 0 Å². The molecule has 0 unspecified atom stereocenters. The molecule has 1 aliphatic heterocycles. The first-order valence-electron chi connectivity index (χ1n) is 9.42. The number of fused-ring (bicyclic) bond motifs is 2. The third kappa shape index (κ3) is 3.19. The second-order valence-corrected chi connectivity index (χ2v) is 8.39. The summed E-state index contributed by atoms with van der Waals surface area (Å²) in [6.07, 6.45) is 0. The van der Waals surface area contributed by atoms with Gasteiger partial charge in [-0.05, 0) is 36.2 Å². The lowest BCUT2D eigenvalue weighted by Gasteiger charge is -2.20. The summed E-state index contributed by atoms with van der Waals surface area (Å²) in [6.45, 7) is 2.11. The largest absolute Gasteiger partial charge is 0.453 e. The lowest BCUT2D eigenvalue weighted by molar-refractivity contribution is 0.617. The number of anilines is 1. The molecule has 0 amide bonds. The molecule has 1 heterocycles. The van der Waals surface area contributed by atoms with Gasteiger partial charge in [0.15, 0.2) is 16.4 Å². The van der Waals surface area contributed by atoms with Crippen molar-refractivity contribution in [2.45, 2.75) is 6.92 Å². The Morgan fingerprint density at radius 3 is 2.24 bits per heavy atom. The molecule has 2 aromatic rings. The molecule has 0 aromatic heterocycles. The van der Waals surface area contributed by atoms with Crippen LogP contribution in [-0.4, -0.2) is 28.2 Å². The molecule has 4 rings (SSSR count). The van der Waals surface area contributed by atoms with Gasteiger partial charge in [0, 0.05) is 36.7 Å². The normalized spacial score (nSPS) is 11.3. The van der Waals surface area contributed by atoms with E-state index < -0.39 is 0 Å². The predicted molar refractivity (Wildman–Crippen MR) is 124 cm³/mol. The molecule has 0 bridgehead atoms. The summed E-state index contributed by atoms with van der Waals surface area (Å²) in [5, 5.41) is 3.03. The van der Waals surface area contributed by atoms with Gasteiger partial charge < -0.3 is 9.32 Å². The number of hydrogen-bond acceptors (Lipinski definition) is 2. The average Bonchev–Trinajstić information content (AvgIpc) is 2.67. The minimum atomic E-state index is 0.579. The van der Waals surface area contributed by atoms with Gasteiger partial charge in [0.1, 0.15) is 19.1 Å². The molecule has 0 radical (unpaired) electrons. The van der Waals surface area contributed by atoms with Crippen molar-refractivity contribution in [1.82, 2.24) is 4.58 Å². The Bertz CT molecular complexity index is 1280. The zero-order valence-electron chi connectivity index (χ0n) is 17.2. The standard InChI is InChI=1S/C24H23Cl2N2O/c1-14-8-6-7-9-15(14)20-16-10-12-18(27(2)3)21(25)23(16)29-24-17(20)11-13-19(22(24)26)28(4)5/h6-13H,1-5H3/q+1. The Labute approximate surface area is 180 Å². The summed E-state index contributed by atoms with van der Waals surface area (Å²) < 4.78 is 8.35. The summed E-state index contributed by atoms with van der Waals surface area (Å²) in [7, 11) is 7.86. The van der Waals surface area contributed by atoms with E-state index in [4.69, 9.17) is 27.6 Å². The van der Waals surface area contributed by atoms with Crippen molar-refractivity contribution in [3.8, 4) is 22.5 Å². The van der Waals surface area contributed by atoms with Crippen molar-refractivity contribution in [2.24, 2.45) is 0 Å². The van der Waals surface area contributed by atoms with E-state index >= 15 is 0 Å². The zero-order valence-corrected chi connectivity index (χ0v) is 18.7. The molecule has 0 spiro atoms. The summed E-state index contributed by atoms with van der Waals surface area (Å²) in [5.41, 5.74) is 5.91. The number of nitrogens with zero attached hydrogens (tertiary/aromatic N) is 2. The van der Waals surface area contributed by atoms with E-state index in [-0.39, 0.29) is 0 Å². The van der Waals surface area contributed by atoms with Gasteiger partial charge in [0.25, 0.3) is 0 Å². The Morgan fingerprint density at radius 1 is 0.862 bits per heavy atom. The van der Waals surface area contributed by atoms with E-state index in [0.29, 0.717) is 21.4 Å². The first-order valence-corrected chi connectivity index (χ1v) is 10.2. The summed E-state index contributed by atoms with van der Waals surface area (Å²) in [5.74, 6) is 0.640. The third-order valence-corrected chi connectivity index (χ3v) is 6.00. The van der Waals surface area contributed by atoms with E-state index in [2.05, 4.69) is 37.3 Å². The maximum absolute atomic E-state index is 6.80. The van der Waals surface area contributed by atoms with Gasteiger partial charge in [-0.15, -0.1) is 0 Å². The molecule has 0 saturated carbocycles. The molecule has 29 heavy (non-hydrogen) atoms. The van der Waals surface area contributed by atoms with Crippen molar-refractivity contribution in [2.75, 3.05) is 33.1 Å². The van der Waals surface area contributed by atoms with Gasteiger partial charge in [0.05, 0.1) is 5.69 Å². The number of aryl methyl sites for hydroxylation is 1. The molecule has 2 aliphatic rings. The third-order valence-electron chi connectivity index (χ3n) is 5.27.